The van der Waals surface area contributed by atoms with Crippen molar-refractivity contribution < 1.29 is 0 Å². The molecule has 0 saturated heterocycles. The summed E-state index contributed by atoms with van der Waals surface area (Å²) in [5, 5.41) is 3.69. The molecule has 1 aliphatic rings. The number of halogens is 1. The molecule has 2 aromatic rings. The Morgan fingerprint density at radius 2 is 1.74 bits per heavy atom. The summed E-state index contributed by atoms with van der Waals surface area (Å²) in [6, 6.07) is 17.7. The Balaban J connectivity index is 2.08. The van der Waals surface area contributed by atoms with Crippen molar-refractivity contribution in [2.75, 3.05) is 6.54 Å². The summed E-state index contributed by atoms with van der Waals surface area (Å²) < 4.78 is 1.13. The molecule has 0 spiro atoms. The second-order valence-corrected chi connectivity index (χ2v) is 6.75. The average molecular weight is 316 g/mol. The minimum atomic E-state index is 0.197. The summed E-state index contributed by atoms with van der Waals surface area (Å²) in [7, 11) is 0. The summed E-state index contributed by atoms with van der Waals surface area (Å²) in [6.07, 6.45) is 0. The van der Waals surface area contributed by atoms with Gasteiger partial charge < -0.3 is 5.32 Å². The van der Waals surface area contributed by atoms with Gasteiger partial charge in [-0.2, -0.15) is 0 Å². The van der Waals surface area contributed by atoms with Crippen LogP contribution in [0.5, 0.6) is 0 Å². The highest BCUT2D eigenvalue weighted by Crippen LogP contribution is 2.37. The Morgan fingerprint density at radius 1 is 1.05 bits per heavy atom. The molecule has 98 valence electrons. The first-order valence-corrected chi connectivity index (χ1v) is 7.45. The highest BCUT2D eigenvalue weighted by atomic mass is 79.9. The zero-order valence-electron chi connectivity index (χ0n) is 11.3. The number of benzene rings is 2. The number of rotatable bonds is 1. The molecule has 19 heavy (non-hydrogen) atoms. The van der Waals surface area contributed by atoms with Gasteiger partial charge in [-0.3, -0.25) is 0 Å². The first-order chi connectivity index (χ1) is 9.08. The predicted octanol–water partition coefficient (Wildman–Crippen LogP) is 4.42. The highest BCUT2D eigenvalue weighted by molar-refractivity contribution is 9.10. The van der Waals surface area contributed by atoms with E-state index in [0.29, 0.717) is 6.04 Å². The van der Waals surface area contributed by atoms with Crippen molar-refractivity contribution in [3.8, 4) is 0 Å². The number of hydrogen-bond donors (Lipinski definition) is 1. The van der Waals surface area contributed by atoms with Crippen molar-refractivity contribution in [1.29, 1.82) is 0 Å². The van der Waals surface area contributed by atoms with Crippen LogP contribution in [-0.2, 0) is 5.41 Å². The van der Waals surface area contributed by atoms with Crippen LogP contribution in [0.4, 0.5) is 0 Å². The standard InChI is InChI=1S/C17H18BrN/c1-17(2)11-19-16(12-7-9-13(18)10-8-12)14-5-3-4-6-15(14)17/h3-10,16,19H,11H2,1-2H3. The van der Waals surface area contributed by atoms with Crippen LogP contribution in [0.15, 0.2) is 53.0 Å². The van der Waals surface area contributed by atoms with Crippen LogP contribution in [0.1, 0.15) is 36.6 Å². The van der Waals surface area contributed by atoms with E-state index >= 15 is 0 Å². The molecule has 0 radical (unpaired) electrons. The fraction of sp³-hybridized carbons (Fsp3) is 0.294. The van der Waals surface area contributed by atoms with Gasteiger partial charge in [0.1, 0.15) is 0 Å². The lowest BCUT2D eigenvalue weighted by Crippen LogP contribution is -2.42. The van der Waals surface area contributed by atoms with Crippen LogP contribution in [0, 0.1) is 0 Å². The zero-order valence-corrected chi connectivity index (χ0v) is 12.9. The van der Waals surface area contributed by atoms with Gasteiger partial charge in [-0.15, -0.1) is 0 Å². The second kappa shape index (κ2) is 4.77. The SMILES string of the molecule is CC1(C)CNC(c2ccc(Br)cc2)c2ccccc21. The van der Waals surface area contributed by atoms with Crippen molar-refractivity contribution in [1.82, 2.24) is 5.32 Å². The van der Waals surface area contributed by atoms with Crippen molar-refractivity contribution >= 4 is 15.9 Å². The van der Waals surface area contributed by atoms with Gasteiger partial charge in [0.2, 0.25) is 0 Å². The summed E-state index contributed by atoms with van der Waals surface area (Å²) in [5.74, 6) is 0. The Morgan fingerprint density at radius 3 is 2.47 bits per heavy atom. The molecule has 1 heterocycles. The Labute approximate surface area is 123 Å². The molecule has 0 amide bonds. The normalized spacial score (nSPS) is 20.9. The molecule has 1 nitrogen and oxygen atoms in total. The minimum absolute atomic E-state index is 0.197. The van der Waals surface area contributed by atoms with Crippen molar-refractivity contribution in [2.24, 2.45) is 0 Å². The third kappa shape index (κ3) is 2.35. The summed E-state index contributed by atoms with van der Waals surface area (Å²) in [6.45, 7) is 5.61. The smallest absolute Gasteiger partial charge is 0.0579 e. The predicted molar refractivity (Wildman–Crippen MR) is 83.5 cm³/mol. The molecule has 3 rings (SSSR count). The van der Waals surface area contributed by atoms with Crippen molar-refractivity contribution in [2.45, 2.75) is 25.3 Å². The molecular formula is C17H18BrN. The largest absolute Gasteiger partial charge is 0.305 e. The van der Waals surface area contributed by atoms with Gasteiger partial charge in [0.25, 0.3) is 0 Å². The lowest BCUT2D eigenvalue weighted by Gasteiger charge is -2.38. The Kier molecular flexibility index (Phi) is 3.23. The molecular weight excluding hydrogens is 298 g/mol. The quantitative estimate of drug-likeness (QED) is 0.821. The highest BCUT2D eigenvalue weighted by Gasteiger charge is 2.32. The van der Waals surface area contributed by atoms with Gasteiger partial charge in [-0.1, -0.05) is 66.2 Å². The Hall–Kier alpha value is -1.12. The maximum absolute atomic E-state index is 3.69. The van der Waals surface area contributed by atoms with Crippen molar-refractivity contribution in [3.05, 3.63) is 69.7 Å². The van der Waals surface area contributed by atoms with Gasteiger partial charge in [-0.25, -0.2) is 0 Å². The Bertz CT molecular complexity index is 586. The van der Waals surface area contributed by atoms with E-state index in [-0.39, 0.29) is 5.41 Å². The van der Waals surface area contributed by atoms with E-state index in [0.717, 1.165) is 11.0 Å². The zero-order chi connectivity index (χ0) is 13.5. The molecule has 0 fully saturated rings. The van der Waals surface area contributed by atoms with E-state index in [1.165, 1.54) is 16.7 Å². The third-order valence-corrected chi connectivity index (χ3v) is 4.48. The first kappa shape index (κ1) is 12.9. The van der Waals surface area contributed by atoms with E-state index in [1.54, 1.807) is 0 Å². The topological polar surface area (TPSA) is 12.0 Å². The lowest BCUT2D eigenvalue weighted by molar-refractivity contribution is 0.407. The number of fused-ring (bicyclic) bond motifs is 1. The maximum Gasteiger partial charge on any atom is 0.0579 e. The summed E-state index contributed by atoms with van der Waals surface area (Å²) in [4.78, 5) is 0. The maximum atomic E-state index is 3.69. The van der Waals surface area contributed by atoms with Crippen LogP contribution in [0.2, 0.25) is 0 Å². The second-order valence-electron chi connectivity index (χ2n) is 5.84. The number of hydrogen-bond acceptors (Lipinski definition) is 1. The van der Waals surface area contributed by atoms with Crippen LogP contribution in [0.3, 0.4) is 0 Å². The molecule has 1 unspecified atom stereocenters. The van der Waals surface area contributed by atoms with E-state index in [2.05, 4.69) is 83.6 Å². The molecule has 0 bridgehead atoms. The van der Waals surface area contributed by atoms with Gasteiger partial charge in [0.15, 0.2) is 0 Å². The molecule has 0 aromatic heterocycles. The van der Waals surface area contributed by atoms with Crippen molar-refractivity contribution in [3.63, 3.8) is 0 Å². The van der Waals surface area contributed by atoms with Crippen LogP contribution < -0.4 is 5.32 Å². The average Bonchev–Trinajstić information content (AvgIpc) is 2.41. The van der Waals surface area contributed by atoms with E-state index in [1.807, 2.05) is 0 Å². The molecule has 1 aliphatic heterocycles. The fourth-order valence-corrected chi connectivity index (χ4v) is 3.14. The molecule has 0 aliphatic carbocycles. The molecule has 1 atom stereocenters. The van der Waals surface area contributed by atoms with Gasteiger partial charge >= 0.3 is 0 Å². The van der Waals surface area contributed by atoms with Gasteiger partial charge in [0.05, 0.1) is 6.04 Å². The van der Waals surface area contributed by atoms with Gasteiger partial charge in [-0.05, 0) is 28.8 Å². The monoisotopic (exact) mass is 315 g/mol. The third-order valence-electron chi connectivity index (χ3n) is 3.95. The van der Waals surface area contributed by atoms with E-state index in [9.17, 15) is 0 Å². The molecule has 2 aromatic carbocycles. The van der Waals surface area contributed by atoms with Gasteiger partial charge in [0, 0.05) is 16.4 Å². The molecule has 1 N–H and O–H groups in total. The molecule has 2 heteroatoms. The fourth-order valence-electron chi connectivity index (χ4n) is 2.88. The summed E-state index contributed by atoms with van der Waals surface area (Å²) in [5.41, 5.74) is 4.39. The van der Waals surface area contributed by atoms with Crippen LogP contribution in [-0.4, -0.2) is 6.54 Å². The number of nitrogens with one attached hydrogen (secondary N) is 1. The van der Waals surface area contributed by atoms with Crippen LogP contribution >= 0.6 is 15.9 Å². The summed E-state index contributed by atoms with van der Waals surface area (Å²) >= 11 is 3.50. The van der Waals surface area contributed by atoms with E-state index in [4.69, 9.17) is 0 Å². The van der Waals surface area contributed by atoms with Crippen LogP contribution in [0.25, 0.3) is 0 Å². The van der Waals surface area contributed by atoms with E-state index < -0.39 is 0 Å². The first-order valence-electron chi connectivity index (χ1n) is 6.66. The lowest BCUT2D eigenvalue weighted by atomic mass is 9.75. The molecule has 0 saturated carbocycles. The minimum Gasteiger partial charge on any atom is -0.305 e.